The lowest BCUT2D eigenvalue weighted by Gasteiger charge is -2.46. The zero-order valence-electron chi connectivity index (χ0n) is 10.8. The molecule has 1 aromatic carbocycles. The zero-order valence-corrected chi connectivity index (χ0v) is 10.8. The van der Waals surface area contributed by atoms with E-state index < -0.39 is 5.60 Å². The number of rotatable bonds is 4. The van der Waals surface area contributed by atoms with E-state index >= 15 is 0 Å². The van der Waals surface area contributed by atoms with Crippen molar-refractivity contribution in [3.05, 3.63) is 29.8 Å². The van der Waals surface area contributed by atoms with Crippen molar-refractivity contribution in [2.45, 2.75) is 18.4 Å². The lowest BCUT2D eigenvalue weighted by molar-refractivity contribution is -0.171. The van der Waals surface area contributed by atoms with Crippen LogP contribution in [-0.2, 0) is 19.9 Å². The minimum absolute atomic E-state index is 0.156. The van der Waals surface area contributed by atoms with Gasteiger partial charge in [-0.1, -0.05) is 18.1 Å². The molecule has 1 N–H and O–H groups in total. The van der Waals surface area contributed by atoms with Crippen LogP contribution in [0.3, 0.4) is 0 Å². The van der Waals surface area contributed by atoms with E-state index in [1.54, 1.807) is 24.3 Å². The van der Waals surface area contributed by atoms with Crippen molar-refractivity contribution in [3.63, 3.8) is 0 Å². The van der Waals surface area contributed by atoms with Gasteiger partial charge in [0.2, 0.25) is 0 Å². The Balaban J connectivity index is 2.17. The molecule has 1 aromatic rings. The maximum Gasteiger partial charge on any atom is 0.308 e. The first kappa shape index (κ1) is 13.4. The molecular formula is C15H16O4. The summed E-state index contributed by atoms with van der Waals surface area (Å²) in [4.78, 5) is 11.5. The van der Waals surface area contributed by atoms with Gasteiger partial charge in [-0.2, -0.15) is 0 Å². The second kappa shape index (κ2) is 5.33. The molecule has 4 heteroatoms. The summed E-state index contributed by atoms with van der Waals surface area (Å²) in [5, 5.41) is 9.32. The fourth-order valence-electron chi connectivity index (χ4n) is 2.45. The summed E-state index contributed by atoms with van der Waals surface area (Å²) in [5.74, 6) is 2.26. The van der Waals surface area contributed by atoms with Gasteiger partial charge in [-0.15, -0.1) is 6.42 Å². The Morgan fingerprint density at radius 1 is 1.47 bits per heavy atom. The van der Waals surface area contributed by atoms with Gasteiger partial charge in [0, 0.05) is 0 Å². The molecule has 0 spiro atoms. The number of hydrogen-bond acceptors (Lipinski definition) is 4. The first-order chi connectivity index (χ1) is 9.11. The van der Waals surface area contributed by atoms with Crippen LogP contribution in [0, 0.1) is 18.3 Å². The second-order valence-electron chi connectivity index (χ2n) is 4.66. The molecule has 0 heterocycles. The van der Waals surface area contributed by atoms with Gasteiger partial charge in [-0.05, 0) is 30.5 Å². The van der Waals surface area contributed by atoms with E-state index in [1.807, 2.05) is 0 Å². The van der Waals surface area contributed by atoms with E-state index in [9.17, 15) is 9.90 Å². The van der Waals surface area contributed by atoms with Crippen LogP contribution in [0.15, 0.2) is 24.3 Å². The predicted octanol–water partition coefficient (Wildman–Crippen LogP) is 1.82. The Kier molecular flexibility index (Phi) is 3.77. The quantitative estimate of drug-likeness (QED) is 0.662. The molecule has 4 nitrogen and oxygen atoms in total. The topological polar surface area (TPSA) is 55.8 Å². The predicted molar refractivity (Wildman–Crippen MR) is 69.3 cm³/mol. The van der Waals surface area contributed by atoms with E-state index in [-0.39, 0.29) is 24.2 Å². The van der Waals surface area contributed by atoms with E-state index in [0.717, 1.165) is 5.56 Å². The number of aromatic hydroxyl groups is 1. The van der Waals surface area contributed by atoms with Gasteiger partial charge in [-0.25, -0.2) is 0 Å². The highest BCUT2D eigenvalue weighted by Crippen LogP contribution is 2.49. The largest absolute Gasteiger partial charge is 0.508 e. The number of hydrogen-bond donors (Lipinski definition) is 1. The average molecular weight is 260 g/mol. The SMILES string of the molecule is C#CCOC1(c2ccc(O)cc2)CC(C(=O)OC)C1. The Morgan fingerprint density at radius 3 is 2.63 bits per heavy atom. The summed E-state index contributed by atoms with van der Waals surface area (Å²) in [7, 11) is 1.38. The number of carbonyl (C=O) groups is 1. The number of ether oxygens (including phenoxy) is 2. The van der Waals surface area contributed by atoms with E-state index in [2.05, 4.69) is 5.92 Å². The van der Waals surface area contributed by atoms with Crippen LogP contribution in [0.25, 0.3) is 0 Å². The highest BCUT2D eigenvalue weighted by molar-refractivity contribution is 5.74. The monoisotopic (exact) mass is 260 g/mol. The van der Waals surface area contributed by atoms with Crippen LogP contribution < -0.4 is 0 Å². The molecule has 0 bridgehead atoms. The normalized spacial score (nSPS) is 25.2. The molecule has 19 heavy (non-hydrogen) atoms. The molecule has 100 valence electrons. The van der Waals surface area contributed by atoms with Crippen LogP contribution in [0.2, 0.25) is 0 Å². The Hall–Kier alpha value is -1.99. The van der Waals surface area contributed by atoms with Gasteiger partial charge >= 0.3 is 5.97 Å². The number of phenols is 1. The van der Waals surface area contributed by atoms with Gasteiger partial charge in [0.15, 0.2) is 0 Å². The number of phenolic OH excluding ortho intramolecular Hbond substituents is 1. The average Bonchev–Trinajstić information content (AvgIpc) is 2.38. The maximum absolute atomic E-state index is 11.5. The molecule has 0 saturated heterocycles. The van der Waals surface area contributed by atoms with E-state index in [0.29, 0.717) is 12.8 Å². The summed E-state index contributed by atoms with van der Waals surface area (Å²) < 4.78 is 10.5. The molecule has 0 unspecified atom stereocenters. The van der Waals surface area contributed by atoms with Crippen molar-refractivity contribution in [1.82, 2.24) is 0 Å². The number of methoxy groups -OCH3 is 1. The summed E-state index contributed by atoms with van der Waals surface area (Å²) in [6.45, 7) is 0.189. The molecule has 1 aliphatic carbocycles. The second-order valence-corrected chi connectivity index (χ2v) is 4.66. The van der Waals surface area contributed by atoms with Gasteiger partial charge in [0.1, 0.15) is 12.4 Å². The van der Waals surface area contributed by atoms with Gasteiger partial charge < -0.3 is 14.6 Å². The highest BCUT2D eigenvalue weighted by atomic mass is 16.5. The molecule has 1 saturated carbocycles. The van der Waals surface area contributed by atoms with Crippen molar-refractivity contribution in [1.29, 1.82) is 0 Å². The molecule has 1 fully saturated rings. The van der Waals surface area contributed by atoms with E-state index in [1.165, 1.54) is 7.11 Å². The lowest BCUT2D eigenvalue weighted by atomic mass is 9.67. The molecule has 0 radical (unpaired) electrons. The molecule has 0 aromatic heterocycles. The number of benzene rings is 1. The van der Waals surface area contributed by atoms with Crippen LogP contribution in [-0.4, -0.2) is 24.8 Å². The Labute approximate surface area is 112 Å². The third-order valence-electron chi connectivity index (χ3n) is 3.51. The smallest absolute Gasteiger partial charge is 0.308 e. The Morgan fingerprint density at radius 2 is 2.11 bits per heavy atom. The summed E-state index contributed by atoms with van der Waals surface area (Å²) in [6.07, 6.45) is 6.33. The van der Waals surface area contributed by atoms with Crippen LogP contribution in [0.5, 0.6) is 5.75 Å². The molecule has 0 amide bonds. The van der Waals surface area contributed by atoms with Crippen LogP contribution in [0.4, 0.5) is 0 Å². The number of terminal acetylenes is 1. The summed E-state index contributed by atoms with van der Waals surface area (Å²) >= 11 is 0. The first-order valence-electron chi connectivity index (χ1n) is 6.06. The zero-order chi connectivity index (χ0) is 13.9. The van der Waals surface area contributed by atoms with Gasteiger partial charge in [0.25, 0.3) is 0 Å². The molecule has 2 rings (SSSR count). The molecule has 0 aliphatic heterocycles. The third kappa shape index (κ3) is 2.56. The summed E-state index contributed by atoms with van der Waals surface area (Å²) in [6, 6.07) is 6.78. The maximum atomic E-state index is 11.5. The van der Waals surface area contributed by atoms with Gasteiger partial charge in [-0.3, -0.25) is 4.79 Å². The minimum Gasteiger partial charge on any atom is -0.508 e. The lowest BCUT2D eigenvalue weighted by Crippen LogP contribution is -2.47. The Bertz CT molecular complexity index is 492. The van der Waals surface area contributed by atoms with E-state index in [4.69, 9.17) is 15.9 Å². The van der Waals surface area contributed by atoms with Crippen molar-refractivity contribution < 1.29 is 19.4 Å². The van der Waals surface area contributed by atoms with Crippen LogP contribution >= 0.6 is 0 Å². The first-order valence-corrected chi connectivity index (χ1v) is 6.06. The van der Waals surface area contributed by atoms with Crippen LogP contribution in [0.1, 0.15) is 18.4 Å². The molecule has 0 atom stereocenters. The number of carbonyl (C=O) groups excluding carboxylic acids is 1. The fraction of sp³-hybridized carbons (Fsp3) is 0.400. The van der Waals surface area contributed by atoms with Crippen molar-refractivity contribution in [3.8, 4) is 18.1 Å². The fourth-order valence-corrected chi connectivity index (χ4v) is 2.45. The highest BCUT2D eigenvalue weighted by Gasteiger charge is 2.50. The minimum atomic E-state index is -0.543. The van der Waals surface area contributed by atoms with Crippen molar-refractivity contribution >= 4 is 5.97 Å². The molecule has 1 aliphatic rings. The molecular weight excluding hydrogens is 244 g/mol. The summed E-state index contributed by atoms with van der Waals surface area (Å²) in [5.41, 5.74) is 0.375. The number of esters is 1. The standard InChI is InChI=1S/C15H16O4/c1-3-8-19-15(9-11(10-15)14(17)18-2)12-4-6-13(16)7-5-12/h1,4-7,11,16H,8-10H2,2H3. The van der Waals surface area contributed by atoms with Crippen molar-refractivity contribution in [2.24, 2.45) is 5.92 Å². The van der Waals surface area contributed by atoms with Gasteiger partial charge in [0.05, 0.1) is 18.6 Å². The third-order valence-corrected chi connectivity index (χ3v) is 3.51. The van der Waals surface area contributed by atoms with Crippen molar-refractivity contribution in [2.75, 3.05) is 13.7 Å².